The monoisotopic (exact) mass is 586 g/mol. The zero-order valence-corrected chi connectivity index (χ0v) is 26.7. The lowest BCUT2D eigenvalue weighted by atomic mass is 10.0. The third-order valence-corrected chi connectivity index (χ3v) is 6.43. The molecular formula is C29H54N4O8. The standard InChI is InChI=1S/C29H54N4O8/c1-11-13-33(28(39)31(9)22(17-34)15-19(2)3)27(38)25(21(6)35)30-26(37)23(16-20(4)5)32(10)24(36)12-14-41-18-29(7,8)40/h17,19-23,25,35,40H,11-16,18H2,1-10H3,(H,30,37)/t21-,22+,23?,25?/m1/s1. The lowest BCUT2D eigenvalue weighted by Gasteiger charge is -2.34. The van der Waals surface area contributed by atoms with Gasteiger partial charge in [-0.05, 0) is 51.9 Å². The maximum Gasteiger partial charge on any atom is 0.327 e. The van der Waals surface area contributed by atoms with E-state index >= 15 is 0 Å². The van der Waals surface area contributed by atoms with Crippen LogP contribution in [0.2, 0.25) is 0 Å². The number of urea groups is 1. The molecule has 0 heterocycles. The number of carbonyl (C=O) groups excluding carboxylic acids is 5. The minimum Gasteiger partial charge on any atom is -0.391 e. The molecule has 0 aliphatic carbocycles. The second kappa shape index (κ2) is 18.1. The van der Waals surface area contributed by atoms with E-state index in [1.807, 2.05) is 27.7 Å². The van der Waals surface area contributed by atoms with Gasteiger partial charge in [0.2, 0.25) is 11.8 Å². The van der Waals surface area contributed by atoms with Gasteiger partial charge in [0.15, 0.2) is 0 Å². The second-order valence-corrected chi connectivity index (χ2v) is 12.2. The molecule has 0 fully saturated rings. The Balaban J connectivity index is 5.87. The van der Waals surface area contributed by atoms with E-state index in [-0.39, 0.29) is 50.3 Å². The van der Waals surface area contributed by atoms with Gasteiger partial charge < -0.3 is 34.9 Å². The largest absolute Gasteiger partial charge is 0.391 e. The number of amides is 5. The summed E-state index contributed by atoms with van der Waals surface area (Å²) in [7, 11) is 2.93. The Morgan fingerprint density at radius 3 is 1.98 bits per heavy atom. The van der Waals surface area contributed by atoms with Gasteiger partial charge in [-0.25, -0.2) is 4.79 Å². The molecule has 0 saturated carbocycles. The average Bonchev–Trinajstić information content (AvgIpc) is 2.87. The summed E-state index contributed by atoms with van der Waals surface area (Å²) >= 11 is 0. The number of aldehydes is 1. The number of aliphatic hydroxyl groups is 2. The van der Waals surface area contributed by atoms with Gasteiger partial charge in [0.1, 0.15) is 18.4 Å². The predicted octanol–water partition coefficient (Wildman–Crippen LogP) is 1.81. The Hall–Kier alpha value is -2.57. The summed E-state index contributed by atoms with van der Waals surface area (Å²) in [5.74, 6) is -1.67. The molecule has 12 nitrogen and oxygen atoms in total. The number of hydrogen-bond acceptors (Lipinski definition) is 8. The number of likely N-dealkylation sites (N-methyl/N-ethyl adjacent to an activating group) is 2. The highest BCUT2D eigenvalue weighted by Gasteiger charge is 2.38. The molecule has 5 amide bonds. The van der Waals surface area contributed by atoms with Crippen LogP contribution in [0.15, 0.2) is 0 Å². The number of hydrogen-bond donors (Lipinski definition) is 3. The fourth-order valence-corrected chi connectivity index (χ4v) is 4.17. The van der Waals surface area contributed by atoms with Gasteiger partial charge in [0.25, 0.3) is 5.91 Å². The van der Waals surface area contributed by atoms with Crippen molar-refractivity contribution in [3.8, 4) is 0 Å². The lowest BCUT2D eigenvalue weighted by Crippen LogP contribution is -2.60. The van der Waals surface area contributed by atoms with Crippen LogP contribution in [0.1, 0.15) is 81.1 Å². The van der Waals surface area contributed by atoms with Crippen LogP contribution in [-0.2, 0) is 23.9 Å². The summed E-state index contributed by atoms with van der Waals surface area (Å²) < 4.78 is 5.37. The van der Waals surface area contributed by atoms with Crippen LogP contribution in [0.5, 0.6) is 0 Å². The van der Waals surface area contributed by atoms with Crippen molar-refractivity contribution in [2.45, 2.75) is 111 Å². The number of nitrogens with one attached hydrogen (secondary N) is 1. The fourth-order valence-electron chi connectivity index (χ4n) is 4.17. The normalized spacial score (nSPS) is 14.7. The van der Waals surface area contributed by atoms with E-state index < -0.39 is 47.7 Å². The maximum atomic E-state index is 13.6. The highest BCUT2D eigenvalue weighted by molar-refractivity contribution is 6.00. The molecule has 0 aliphatic rings. The molecule has 2 unspecified atom stereocenters. The van der Waals surface area contributed by atoms with Crippen molar-refractivity contribution in [1.82, 2.24) is 20.0 Å². The van der Waals surface area contributed by atoms with Crippen LogP contribution in [0, 0.1) is 11.8 Å². The minimum absolute atomic E-state index is 0.0150. The second-order valence-electron chi connectivity index (χ2n) is 12.2. The van der Waals surface area contributed by atoms with E-state index in [0.29, 0.717) is 19.1 Å². The topological polar surface area (TPSA) is 157 Å². The number of ether oxygens (including phenoxy) is 1. The van der Waals surface area contributed by atoms with Gasteiger partial charge in [-0.1, -0.05) is 34.6 Å². The van der Waals surface area contributed by atoms with Crippen molar-refractivity contribution in [2.24, 2.45) is 11.8 Å². The third-order valence-electron chi connectivity index (χ3n) is 6.43. The Morgan fingerprint density at radius 2 is 1.54 bits per heavy atom. The van der Waals surface area contributed by atoms with Crippen LogP contribution in [0.4, 0.5) is 4.79 Å². The first-order valence-corrected chi connectivity index (χ1v) is 14.4. The fraction of sp³-hybridized carbons (Fsp3) is 0.828. The summed E-state index contributed by atoms with van der Waals surface area (Å²) in [6, 6.07) is -3.85. The molecule has 41 heavy (non-hydrogen) atoms. The summed E-state index contributed by atoms with van der Waals surface area (Å²) in [6.45, 7) is 14.0. The quantitative estimate of drug-likeness (QED) is 0.162. The molecule has 0 aromatic rings. The number of rotatable bonds is 18. The SMILES string of the molecule is CCCN(C(=O)C(NC(=O)C(CC(C)C)N(C)C(=O)CCOCC(C)(C)O)[C@@H](C)O)C(=O)N(C)[C@H](C=O)CC(C)C. The van der Waals surface area contributed by atoms with Gasteiger partial charge >= 0.3 is 6.03 Å². The first kappa shape index (κ1) is 38.4. The molecule has 0 radical (unpaired) electrons. The Labute approximate surface area is 245 Å². The molecule has 0 aromatic carbocycles. The minimum atomic E-state index is -1.46. The smallest absolute Gasteiger partial charge is 0.327 e. The zero-order chi connectivity index (χ0) is 32.1. The third kappa shape index (κ3) is 13.8. The zero-order valence-electron chi connectivity index (χ0n) is 26.7. The Morgan fingerprint density at radius 1 is 0.976 bits per heavy atom. The van der Waals surface area contributed by atoms with E-state index in [1.54, 1.807) is 20.8 Å². The van der Waals surface area contributed by atoms with Gasteiger partial charge in [-0.15, -0.1) is 0 Å². The van der Waals surface area contributed by atoms with Crippen molar-refractivity contribution in [1.29, 1.82) is 0 Å². The van der Waals surface area contributed by atoms with Crippen molar-refractivity contribution in [3.05, 3.63) is 0 Å². The van der Waals surface area contributed by atoms with Crippen LogP contribution in [0.25, 0.3) is 0 Å². The van der Waals surface area contributed by atoms with E-state index in [1.165, 1.54) is 30.8 Å². The van der Waals surface area contributed by atoms with Gasteiger partial charge in [0.05, 0.1) is 37.4 Å². The van der Waals surface area contributed by atoms with Crippen molar-refractivity contribution in [3.63, 3.8) is 0 Å². The van der Waals surface area contributed by atoms with Crippen molar-refractivity contribution < 1.29 is 38.9 Å². The van der Waals surface area contributed by atoms with E-state index in [0.717, 1.165) is 4.90 Å². The van der Waals surface area contributed by atoms with Crippen LogP contribution in [0.3, 0.4) is 0 Å². The summed E-state index contributed by atoms with van der Waals surface area (Å²) in [5, 5.41) is 22.9. The van der Waals surface area contributed by atoms with Gasteiger partial charge in [-0.2, -0.15) is 0 Å². The van der Waals surface area contributed by atoms with E-state index in [9.17, 15) is 34.2 Å². The molecular weight excluding hydrogens is 532 g/mol. The van der Waals surface area contributed by atoms with Crippen LogP contribution in [-0.4, -0.2) is 119 Å². The molecule has 0 rings (SSSR count). The van der Waals surface area contributed by atoms with Crippen molar-refractivity contribution >= 4 is 30.0 Å². The Bertz CT molecular complexity index is 856. The molecule has 238 valence electrons. The number of imide groups is 1. The maximum absolute atomic E-state index is 13.6. The molecule has 0 spiro atoms. The molecule has 0 aliphatic heterocycles. The van der Waals surface area contributed by atoms with E-state index in [4.69, 9.17) is 4.74 Å². The van der Waals surface area contributed by atoms with Crippen molar-refractivity contribution in [2.75, 3.05) is 33.9 Å². The molecule has 0 saturated heterocycles. The highest BCUT2D eigenvalue weighted by atomic mass is 16.5. The van der Waals surface area contributed by atoms with Gasteiger partial charge in [0, 0.05) is 20.6 Å². The first-order chi connectivity index (χ1) is 18.9. The number of aliphatic hydroxyl groups excluding tert-OH is 1. The number of carbonyl (C=O) groups is 5. The molecule has 3 N–H and O–H groups in total. The lowest BCUT2D eigenvalue weighted by molar-refractivity contribution is -0.143. The first-order valence-electron chi connectivity index (χ1n) is 14.4. The average molecular weight is 587 g/mol. The number of nitrogens with zero attached hydrogens (tertiary/aromatic N) is 3. The molecule has 4 atom stereocenters. The van der Waals surface area contributed by atoms with Crippen LogP contribution >= 0.6 is 0 Å². The summed E-state index contributed by atoms with van der Waals surface area (Å²) in [5.41, 5.74) is -1.04. The molecule has 0 aromatic heterocycles. The summed E-state index contributed by atoms with van der Waals surface area (Å²) in [4.78, 5) is 68.4. The van der Waals surface area contributed by atoms with Gasteiger partial charge in [-0.3, -0.25) is 19.3 Å². The summed E-state index contributed by atoms with van der Waals surface area (Å²) in [6.07, 6.45) is 0.417. The Kier molecular flexibility index (Phi) is 16.9. The predicted molar refractivity (Wildman–Crippen MR) is 156 cm³/mol. The molecule has 12 heteroatoms. The van der Waals surface area contributed by atoms with E-state index in [2.05, 4.69) is 5.32 Å². The highest BCUT2D eigenvalue weighted by Crippen LogP contribution is 2.16. The molecule has 0 bridgehead atoms. The van der Waals surface area contributed by atoms with Crippen LogP contribution < -0.4 is 5.32 Å².